The minimum atomic E-state index is 0. The van der Waals surface area contributed by atoms with Gasteiger partial charge in [0.25, 0.3) is 0 Å². The molecule has 0 aliphatic heterocycles. The average Bonchev–Trinajstić information content (AvgIpc) is 0. The Labute approximate surface area is 69.7 Å². The maximum absolute atomic E-state index is 0. The van der Waals surface area contributed by atoms with Crippen LogP contribution in [0.5, 0.6) is 0 Å². The van der Waals surface area contributed by atoms with Crippen molar-refractivity contribution in [2.24, 2.45) is 0 Å². The first kappa shape index (κ1) is 70.0. The Kier molecular flexibility index (Phi) is 573. The molecule has 0 nitrogen and oxygen atoms in total. The Morgan fingerprint density at radius 3 is 1.00 bits per heavy atom. The van der Waals surface area contributed by atoms with Crippen LogP contribution < -0.4 is 0 Å². The number of rotatable bonds is 0. The maximum atomic E-state index is 0. The Balaban J connectivity index is 0. The zero-order chi connectivity index (χ0) is 0. The first-order valence-electron chi connectivity index (χ1n) is 0. The van der Waals surface area contributed by atoms with E-state index in [2.05, 4.69) is 0 Å². The third-order valence-corrected chi connectivity index (χ3v) is 0. The van der Waals surface area contributed by atoms with Gasteiger partial charge < -0.3 is 0 Å². The van der Waals surface area contributed by atoms with Gasteiger partial charge in [-0.05, 0) is 0 Å². The summed E-state index contributed by atoms with van der Waals surface area (Å²) in [5.74, 6) is 0. The molecule has 0 aromatic heterocycles. The molecule has 0 aliphatic carbocycles. The first-order chi connectivity index (χ1) is 0. The van der Waals surface area contributed by atoms with Crippen molar-refractivity contribution in [2.75, 3.05) is 0 Å². The molecule has 0 fully saturated rings. The largest absolute Gasteiger partial charge is 0 e. The normalized spacial score (nSPS) is 0. The molecule has 0 unspecified atom stereocenters. The average molecular weight is 209 g/mol. The number of hydrogen-bond acceptors (Lipinski definition) is 0. The molecule has 0 aromatic carbocycles. The summed E-state index contributed by atoms with van der Waals surface area (Å²) >= 11 is 0. The summed E-state index contributed by atoms with van der Waals surface area (Å²) in [6.45, 7) is 0. The molecule has 8 radical (unpaired) electrons. The molecular formula is BCoCrNiSi. The van der Waals surface area contributed by atoms with Crippen molar-refractivity contribution in [3.63, 3.8) is 0 Å². The van der Waals surface area contributed by atoms with Crippen LogP contribution in [0.2, 0.25) is 0 Å². The molecule has 0 amide bonds. The molecule has 5 heavy (non-hydrogen) atoms. The van der Waals surface area contributed by atoms with Crippen molar-refractivity contribution in [3.05, 3.63) is 0 Å². The monoisotopic (exact) mass is 208 g/mol. The van der Waals surface area contributed by atoms with Gasteiger partial charge in [-0.2, -0.15) is 0 Å². The van der Waals surface area contributed by atoms with Crippen LogP contribution in [0.15, 0.2) is 0 Å². The van der Waals surface area contributed by atoms with Gasteiger partial charge in [-0.25, -0.2) is 0 Å². The van der Waals surface area contributed by atoms with Crippen LogP contribution in [0.25, 0.3) is 0 Å². The Morgan fingerprint density at radius 2 is 1.00 bits per heavy atom. The third-order valence-electron chi connectivity index (χ3n) is 0. The minimum absolute atomic E-state index is 0. The van der Waals surface area contributed by atoms with Gasteiger partial charge in [0.1, 0.15) is 0 Å². The Morgan fingerprint density at radius 1 is 1.00 bits per heavy atom. The van der Waals surface area contributed by atoms with Gasteiger partial charge >= 0.3 is 0 Å². The van der Waals surface area contributed by atoms with Gasteiger partial charge in [0, 0.05) is 70.0 Å². The van der Waals surface area contributed by atoms with E-state index in [1.165, 1.54) is 0 Å². The molecule has 0 N–H and O–H groups in total. The van der Waals surface area contributed by atoms with E-state index in [0.717, 1.165) is 0 Å². The molecule has 0 spiro atoms. The molecule has 0 heterocycles. The maximum Gasteiger partial charge on any atom is 0 e. The molecular weight excluding hydrogens is 209 g/mol. The van der Waals surface area contributed by atoms with Crippen LogP contribution >= 0.6 is 0 Å². The summed E-state index contributed by atoms with van der Waals surface area (Å²) in [6.07, 6.45) is 0. The molecule has 0 aliphatic rings. The van der Waals surface area contributed by atoms with Crippen molar-refractivity contribution in [1.82, 2.24) is 0 Å². The van der Waals surface area contributed by atoms with E-state index in [9.17, 15) is 0 Å². The zero-order valence-electron chi connectivity index (χ0n) is 2.14. The van der Waals surface area contributed by atoms with Crippen molar-refractivity contribution in [2.45, 2.75) is 0 Å². The Bertz CT molecular complexity index is 11.6. The van der Waals surface area contributed by atoms with Gasteiger partial charge in [-0.3, -0.25) is 0 Å². The van der Waals surface area contributed by atoms with Crippen molar-refractivity contribution in [3.8, 4) is 0 Å². The van der Waals surface area contributed by atoms with Gasteiger partial charge in [-0.1, -0.05) is 0 Å². The van der Waals surface area contributed by atoms with Crippen molar-refractivity contribution in [1.29, 1.82) is 0 Å². The second kappa shape index (κ2) is 40.9. The molecule has 0 saturated heterocycles. The second-order valence-electron chi connectivity index (χ2n) is 0. The van der Waals surface area contributed by atoms with Gasteiger partial charge in [0.05, 0.1) is 0 Å². The van der Waals surface area contributed by atoms with E-state index in [1.807, 2.05) is 0 Å². The molecule has 5 heteroatoms. The molecule has 0 aromatic rings. The van der Waals surface area contributed by atoms with Crippen LogP contribution in [0.3, 0.4) is 0 Å². The van der Waals surface area contributed by atoms with E-state index >= 15 is 0 Å². The summed E-state index contributed by atoms with van der Waals surface area (Å²) < 4.78 is 0. The smallest absolute Gasteiger partial charge is 0 e. The summed E-state index contributed by atoms with van der Waals surface area (Å²) in [5.41, 5.74) is 0. The predicted octanol–water partition coefficient (Wildman–Crippen LogP) is -0.769. The van der Waals surface area contributed by atoms with E-state index in [4.69, 9.17) is 0 Å². The van der Waals surface area contributed by atoms with Gasteiger partial charge in [0.2, 0.25) is 0 Å². The molecule has 0 atom stereocenters. The Hall–Kier alpha value is 1.81. The quantitative estimate of drug-likeness (QED) is 0.459. The fraction of sp³-hybridized carbons (Fsp3) is 0. The van der Waals surface area contributed by atoms with Gasteiger partial charge in [0.15, 0.2) is 0 Å². The van der Waals surface area contributed by atoms with Crippen LogP contribution in [0.1, 0.15) is 0 Å². The molecule has 0 bridgehead atoms. The van der Waals surface area contributed by atoms with E-state index < -0.39 is 0 Å². The van der Waals surface area contributed by atoms with Crippen molar-refractivity contribution >= 4 is 19.4 Å². The molecule has 0 rings (SSSR count). The van der Waals surface area contributed by atoms with E-state index in [1.54, 1.807) is 0 Å². The minimum Gasteiger partial charge on any atom is 0 e. The van der Waals surface area contributed by atoms with E-state index in [0.29, 0.717) is 0 Å². The van der Waals surface area contributed by atoms with Gasteiger partial charge in [-0.15, -0.1) is 0 Å². The third kappa shape index (κ3) is 25.7. The van der Waals surface area contributed by atoms with Crippen LogP contribution in [0.4, 0.5) is 0 Å². The second-order valence-corrected chi connectivity index (χ2v) is 0. The fourth-order valence-electron chi connectivity index (χ4n) is 0. The number of hydrogen-bond donors (Lipinski definition) is 0. The topological polar surface area (TPSA) is 0 Å². The fourth-order valence-corrected chi connectivity index (χ4v) is 0. The first-order valence-corrected chi connectivity index (χ1v) is 0. The molecule has 32 valence electrons. The van der Waals surface area contributed by atoms with Crippen molar-refractivity contribution < 1.29 is 50.6 Å². The summed E-state index contributed by atoms with van der Waals surface area (Å²) in [7, 11) is 0. The predicted molar refractivity (Wildman–Crippen MR) is 11.5 cm³/mol. The zero-order valence-corrected chi connectivity index (χ0v) is 6.44. The standard InChI is InChI=1S/B.Co.Cr.Ni.Si. The summed E-state index contributed by atoms with van der Waals surface area (Å²) in [5, 5.41) is 0. The van der Waals surface area contributed by atoms with Crippen LogP contribution in [-0.2, 0) is 50.6 Å². The molecule has 0 saturated carbocycles. The van der Waals surface area contributed by atoms with Crippen LogP contribution in [-0.4, -0.2) is 19.4 Å². The summed E-state index contributed by atoms with van der Waals surface area (Å²) in [6, 6.07) is 0. The SMILES string of the molecule is [B].[Co].[Cr].[Ni].[Si]. The van der Waals surface area contributed by atoms with Crippen LogP contribution in [0, 0.1) is 0 Å². The summed E-state index contributed by atoms with van der Waals surface area (Å²) in [4.78, 5) is 0. The van der Waals surface area contributed by atoms with E-state index in [-0.39, 0.29) is 70.0 Å².